The van der Waals surface area contributed by atoms with Crippen molar-refractivity contribution in [3.63, 3.8) is 0 Å². The normalized spacial score (nSPS) is 10.2. The number of rotatable bonds is 6. The highest BCUT2D eigenvalue weighted by molar-refractivity contribution is 5.39. The molecule has 0 radical (unpaired) electrons. The summed E-state index contributed by atoms with van der Waals surface area (Å²) < 4.78 is 0. The molecule has 0 bridgehead atoms. The van der Waals surface area contributed by atoms with Crippen LogP contribution in [0, 0.1) is 10.1 Å². The van der Waals surface area contributed by atoms with Crippen molar-refractivity contribution in [3.05, 3.63) is 39.9 Å². The summed E-state index contributed by atoms with van der Waals surface area (Å²) in [6, 6.07) is 6.81. The molecule has 0 amide bonds. The molecule has 0 spiro atoms. The van der Waals surface area contributed by atoms with Crippen LogP contribution in [-0.4, -0.2) is 16.6 Å². The summed E-state index contributed by atoms with van der Waals surface area (Å²) in [4.78, 5) is 10.3. The molecule has 0 aliphatic heterocycles. The first-order valence-corrected chi connectivity index (χ1v) is 5.09. The van der Waals surface area contributed by atoms with Crippen LogP contribution in [-0.2, 0) is 6.42 Å². The molecule has 1 N–H and O–H groups in total. The molecule has 0 aliphatic carbocycles. The van der Waals surface area contributed by atoms with Crippen LogP contribution >= 0.6 is 0 Å². The maximum absolute atomic E-state index is 10.7. The minimum absolute atomic E-state index is 0.191. The van der Waals surface area contributed by atoms with Gasteiger partial charge in [-0.1, -0.05) is 24.6 Å². The topological polar surface area (TPSA) is 63.4 Å². The molecule has 15 heavy (non-hydrogen) atoms. The number of benzene rings is 1. The zero-order chi connectivity index (χ0) is 11.1. The largest absolute Gasteiger partial charge is 0.396 e. The Bertz CT molecular complexity index is 325. The molecule has 0 unspecified atom stereocenters. The average Bonchev–Trinajstić information content (AvgIpc) is 2.25. The fourth-order valence-electron chi connectivity index (χ4n) is 1.50. The smallest absolute Gasteiger partial charge is 0.272 e. The zero-order valence-electron chi connectivity index (χ0n) is 8.56. The van der Waals surface area contributed by atoms with E-state index in [4.69, 9.17) is 5.11 Å². The highest BCUT2D eigenvalue weighted by atomic mass is 16.6. The van der Waals surface area contributed by atoms with Crippen LogP contribution in [0.4, 0.5) is 5.69 Å². The van der Waals surface area contributed by atoms with Crippen molar-refractivity contribution in [1.82, 2.24) is 0 Å². The van der Waals surface area contributed by atoms with Crippen LogP contribution in [0.2, 0.25) is 0 Å². The van der Waals surface area contributed by atoms with Gasteiger partial charge >= 0.3 is 0 Å². The first-order valence-electron chi connectivity index (χ1n) is 5.09. The van der Waals surface area contributed by atoms with Crippen molar-refractivity contribution in [2.24, 2.45) is 0 Å². The number of aliphatic hydroxyl groups excluding tert-OH is 1. The van der Waals surface area contributed by atoms with Gasteiger partial charge in [0.2, 0.25) is 0 Å². The van der Waals surface area contributed by atoms with Gasteiger partial charge in [-0.3, -0.25) is 10.1 Å². The maximum Gasteiger partial charge on any atom is 0.272 e. The molecule has 82 valence electrons. The second-order valence-corrected chi connectivity index (χ2v) is 3.42. The van der Waals surface area contributed by atoms with Gasteiger partial charge in [0.05, 0.1) is 4.92 Å². The van der Waals surface area contributed by atoms with E-state index in [1.807, 2.05) is 6.07 Å². The molecule has 0 aliphatic rings. The van der Waals surface area contributed by atoms with Crippen molar-refractivity contribution in [2.75, 3.05) is 6.61 Å². The summed E-state index contributed by atoms with van der Waals surface area (Å²) in [5.74, 6) is 0. The Labute approximate surface area is 88.7 Å². The summed E-state index contributed by atoms with van der Waals surface area (Å²) in [5.41, 5.74) is 0.974. The lowest BCUT2D eigenvalue weighted by molar-refractivity contribution is -0.385. The number of nitro benzene ring substituents is 1. The van der Waals surface area contributed by atoms with Crippen LogP contribution in [0.3, 0.4) is 0 Å². The van der Waals surface area contributed by atoms with E-state index < -0.39 is 0 Å². The van der Waals surface area contributed by atoms with Gasteiger partial charge in [0.1, 0.15) is 0 Å². The second kappa shape index (κ2) is 6.14. The third-order valence-electron chi connectivity index (χ3n) is 2.29. The SMILES string of the molecule is O=[N+]([O-])c1ccccc1CCCCCO. The van der Waals surface area contributed by atoms with Crippen LogP contribution < -0.4 is 0 Å². The number of nitrogens with zero attached hydrogens (tertiary/aromatic N) is 1. The number of aryl methyl sites for hydroxylation is 1. The molecule has 0 atom stereocenters. The second-order valence-electron chi connectivity index (χ2n) is 3.42. The molecule has 4 nitrogen and oxygen atoms in total. The van der Waals surface area contributed by atoms with Gasteiger partial charge in [-0.15, -0.1) is 0 Å². The van der Waals surface area contributed by atoms with Crippen LogP contribution in [0.5, 0.6) is 0 Å². The highest BCUT2D eigenvalue weighted by Crippen LogP contribution is 2.19. The molecule has 0 saturated heterocycles. The highest BCUT2D eigenvalue weighted by Gasteiger charge is 2.10. The predicted molar refractivity (Wildman–Crippen MR) is 57.7 cm³/mol. The van der Waals surface area contributed by atoms with Crippen molar-refractivity contribution < 1.29 is 10.0 Å². The Hall–Kier alpha value is -1.42. The number of hydrogen-bond donors (Lipinski definition) is 1. The van der Waals surface area contributed by atoms with Crippen molar-refractivity contribution >= 4 is 5.69 Å². The number of nitro groups is 1. The third kappa shape index (κ3) is 3.67. The lowest BCUT2D eigenvalue weighted by Gasteiger charge is -2.01. The minimum Gasteiger partial charge on any atom is -0.396 e. The summed E-state index contributed by atoms with van der Waals surface area (Å²) in [7, 11) is 0. The summed E-state index contributed by atoms with van der Waals surface area (Å²) in [6.07, 6.45) is 3.26. The molecule has 1 aromatic rings. The first kappa shape index (κ1) is 11.7. The van der Waals surface area contributed by atoms with Gasteiger partial charge in [-0.05, 0) is 19.3 Å². The number of aliphatic hydroxyl groups is 1. The lowest BCUT2D eigenvalue weighted by atomic mass is 10.1. The van der Waals surface area contributed by atoms with E-state index >= 15 is 0 Å². The minimum atomic E-state index is -0.346. The Morgan fingerprint density at radius 2 is 1.93 bits per heavy atom. The monoisotopic (exact) mass is 209 g/mol. The molecule has 0 aromatic heterocycles. The van der Waals surface area contributed by atoms with Gasteiger partial charge in [0, 0.05) is 18.2 Å². The quantitative estimate of drug-likeness (QED) is 0.444. The van der Waals surface area contributed by atoms with Crippen LogP contribution in [0.1, 0.15) is 24.8 Å². The maximum atomic E-state index is 10.7. The molecular formula is C11H15NO3. The third-order valence-corrected chi connectivity index (χ3v) is 2.29. The average molecular weight is 209 g/mol. The van der Waals surface area contributed by atoms with E-state index in [0.717, 1.165) is 24.8 Å². The Balaban J connectivity index is 2.56. The Morgan fingerprint density at radius 1 is 1.20 bits per heavy atom. The summed E-state index contributed by atoms with van der Waals surface area (Å²) >= 11 is 0. The Kier molecular flexibility index (Phi) is 4.77. The van der Waals surface area contributed by atoms with E-state index in [1.165, 1.54) is 6.07 Å². The van der Waals surface area contributed by atoms with E-state index in [2.05, 4.69) is 0 Å². The predicted octanol–water partition coefficient (Wildman–Crippen LogP) is 2.30. The lowest BCUT2D eigenvalue weighted by Crippen LogP contribution is -1.95. The number of hydrogen-bond acceptors (Lipinski definition) is 3. The standard InChI is InChI=1S/C11H15NO3/c13-9-5-1-2-6-10-7-3-4-8-11(10)12(14)15/h3-4,7-8,13H,1-2,5-6,9H2. The van der Waals surface area contributed by atoms with Gasteiger partial charge in [0.25, 0.3) is 5.69 Å². The molecule has 0 saturated carbocycles. The van der Waals surface area contributed by atoms with E-state index in [-0.39, 0.29) is 17.2 Å². The summed E-state index contributed by atoms with van der Waals surface area (Å²) in [5, 5.41) is 19.3. The Morgan fingerprint density at radius 3 is 2.60 bits per heavy atom. The molecule has 0 heterocycles. The number of unbranched alkanes of at least 4 members (excludes halogenated alkanes) is 2. The van der Waals surface area contributed by atoms with E-state index in [9.17, 15) is 10.1 Å². The van der Waals surface area contributed by atoms with Crippen molar-refractivity contribution in [3.8, 4) is 0 Å². The van der Waals surface area contributed by atoms with Gasteiger partial charge < -0.3 is 5.11 Å². The fraction of sp³-hybridized carbons (Fsp3) is 0.455. The van der Waals surface area contributed by atoms with Crippen LogP contribution in [0.15, 0.2) is 24.3 Å². The van der Waals surface area contributed by atoms with Crippen molar-refractivity contribution in [1.29, 1.82) is 0 Å². The zero-order valence-corrected chi connectivity index (χ0v) is 8.56. The van der Waals surface area contributed by atoms with Crippen molar-refractivity contribution in [2.45, 2.75) is 25.7 Å². The van der Waals surface area contributed by atoms with E-state index in [1.54, 1.807) is 12.1 Å². The molecule has 4 heteroatoms. The van der Waals surface area contributed by atoms with Gasteiger partial charge in [0.15, 0.2) is 0 Å². The number of para-hydroxylation sites is 1. The van der Waals surface area contributed by atoms with E-state index in [0.29, 0.717) is 6.42 Å². The molecule has 1 aromatic carbocycles. The molecule has 0 fully saturated rings. The van der Waals surface area contributed by atoms with Gasteiger partial charge in [-0.25, -0.2) is 0 Å². The molecular weight excluding hydrogens is 194 g/mol. The van der Waals surface area contributed by atoms with Crippen LogP contribution in [0.25, 0.3) is 0 Å². The molecule has 1 rings (SSSR count). The fourth-order valence-corrected chi connectivity index (χ4v) is 1.50. The first-order chi connectivity index (χ1) is 7.25. The summed E-state index contributed by atoms with van der Waals surface area (Å²) in [6.45, 7) is 0.191. The van der Waals surface area contributed by atoms with Gasteiger partial charge in [-0.2, -0.15) is 0 Å².